The van der Waals surface area contributed by atoms with Gasteiger partial charge in [-0.3, -0.25) is 0 Å². The molecule has 0 aromatic carbocycles. The number of nitrogens with two attached hydrogens (primary N) is 1. The van der Waals surface area contributed by atoms with Crippen molar-refractivity contribution in [2.45, 2.75) is 33.1 Å². The van der Waals surface area contributed by atoms with Gasteiger partial charge in [0, 0.05) is 6.54 Å². The molecule has 1 fully saturated rings. The van der Waals surface area contributed by atoms with Crippen LogP contribution in [-0.2, 0) is 0 Å². The van der Waals surface area contributed by atoms with Gasteiger partial charge in [-0.1, -0.05) is 13.3 Å². The number of nitrogen functional groups attached to an aromatic ring is 1. The molecule has 2 rings (SSSR count). The maximum absolute atomic E-state index is 5.80. The van der Waals surface area contributed by atoms with Crippen molar-refractivity contribution in [1.82, 2.24) is 4.98 Å². The molecule has 0 radical (unpaired) electrons. The number of aromatic nitrogens is 1. The molecular formula is C14H23N3O. The fourth-order valence-electron chi connectivity index (χ4n) is 2.56. The van der Waals surface area contributed by atoms with Crippen molar-refractivity contribution in [3.63, 3.8) is 0 Å². The number of anilines is 2. The smallest absolute Gasteiger partial charge is 0.239 e. The molecule has 3 N–H and O–H groups in total. The van der Waals surface area contributed by atoms with Crippen LogP contribution in [0.1, 0.15) is 33.1 Å². The Morgan fingerprint density at radius 1 is 1.44 bits per heavy atom. The number of rotatable bonds is 5. The number of hydrogen-bond acceptors (Lipinski definition) is 4. The quantitative estimate of drug-likeness (QED) is 0.842. The highest BCUT2D eigenvalue weighted by atomic mass is 16.5. The van der Waals surface area contributed by atoms with Crippen LogP contribution in [0, 0.1) is 11.8 Å². The average molecular weight is 249 g/mol. The number of pyridine rings is 1. The third-order valence-electron chi connectivity index (χ3n) is 3.55. The van der Waals surface area contributed by atoms with Gasteiger partial charge in [0.1, 0.15) is 5.82 Å². The minimum Gasteiger partial charge on any atom is -0.476 e. The van der Waals surface area contributed by atoms with Gasteiger partial charge in [0.25, 0.3) is 0 Å². The molecule has 1 heterocycles. The van der Waals surface area contributed by atoms with Crippen LogP contribution in [0.3, 0.4) is 0 Å². The molecule has 1 aliphatic rings. The molecule has 0 saturated heterocycles. The van der Waals surface area contributed by atoms with Crippen LogP contribution in [0.15, 0.2) is 12.1 Å². The third kappa shape index (κ3) is 3.28. The summed E-state index contributed by atoms with van der Waals surface area (Å²) in [6.45, 7) is 5.84. The van der Waals surface area contributed by atoms with Crippen LogP contribution in [-0.4, -0.2) is 18.1 Å². The van der Waals surface area contributed by atoms with Gasteiger partial charge in [-0.05, 0) is 43.7 Å². The molecule has 1 saturated carbocycles. The Hall–Kier alpha value is -1.45. The molecule has 1 aliphatic carbocycles. The number of nitrogens with zero attached hydrogens (tertiary/aromatic N) is 1. The van der Waals surface area contributed by atoms with Gasteiger partial charge in [0.05, 0.1) is 12.3 Å². The monoisotopic (exact) mass is 249 g/mol. The van der Waals surface area contributed by atoms with Crippen LogP contribution < -0.4 is 15.8 Å². The summed E-state index contributed by atoms with van der Waals surface area (Å²) in [6, 6.07) is 3.76. The van der Waals surface area contributed by atoms with Gasteiger partial charge >= 0.3 is 0 Å². The molecule has 1 aromatic rings. The Labute approximate surface area is 109 Å². The van der Waals surface area contributed by atoms with E-state index in [0.29, 0.717) is 18.2 Å². The summed E-state index contributed by atoms with van der Waals surface area (Å²) in [7, 11) is 0. The second-order valence-corrected chi connectivity index (χ2v) is 5.19. The Balaban J connectivity index is 1.91. The Bertz CT molecular complexity index is 395. The Morgan fingerprint density at radius 3 is 2.94 bits per heavy atom. The zero-order valence-electron chi connectivity index (χ0n) is 11.3. The summed E-state index contributed by atoms with van der Waals surface area (Å²) in [5.74, 6) is 3.03. The van der Waals surface area contributed by atoms with Crippen LogP contribution >= 0.6 is 0 Å². The fraction of sp³-hybridized carbons (Fsp3) is 0.643. The first-order valence-electron chi connectivity index (χ1n) is 6.82. The molecule has 4 heteroatoms. The predicted octanol–water partition coefficient (Wildman–Crippen LogP) is 2.91. The van der Waals surface area contributed by atoms with E-state index >= 15 is 0 Å². The first kappa shape index (κ1) is 13.0. The van der Waals surface area contributed by atoms with Gasteiger partial charge in [0.15, 0.2) is 0 Å². The van der Waals surface area contributed by atoms with Crippen molar-refractivity contribution in [2.24, 2.45) is 11.8 Å². The molecule has 100 valence electrons. The normalized spacial score (nSPS) is 23.0. The lowest BCUT2D eigenvalue weighted by Crippen LogP contribution is -2.13. The molecule has 2 atom stereocenters. The van der Waals surface area contributed by atoms with Crippen LogP contribution in [0.5, 0.6) is 5.88 Å². The Morgan fingerprint density at radius 2 is 2.28 bits per heavy atom. The van der Waals surface area contributed by atoms with Gasteiger partial charge in [-0.15, -0.1) is 0 Å². The van der Waals surface area contributed by atoms with Crippen molar-refractivity contribution in [1.29, 1.82) is 0 Å². The van der Waals surface area contributed by atoms with E-state index in [9.17, 15) is 0 Å². The SMILES string of the molecule is CCOc1nc(NCC2CCC(C)C2)ccc1N. The van der Waals surface area contributed by atoms with E-state index in [0.717, 1.165) is 24.2 Å². The summed E-state index contributed by atoms with van der Waals surface area (Å²) >= 11 is 0. The van der Waals surface area contributed by atoms with E-state index in [1.807, 2.05) is 19.1 Å². The highest BCUT2D eigenvalue weighted by Crippen LogP contribution is 2.30. The fourth-order valence-corrected chi connectivity index (χ4v) is 2.56. The van der Waals surface area contributed by atoms with Gasteiger partial charge in [0.2, 0.25) is 5.88 Å². The first-order chi connectivity index (χ1) is 8.69. The largest absolute Gasteiger partial charge is 0.476 e. The van der Waals surface area contributed by atoms with E-state index in [-0.39, 0.29) is 0 Å². The van der Waals surface area contributed by atoms with Crippen LogP contribution in [0.25, 0.3) is 0 Å². The summed E-state index contributed by atoms with van der Waals surface area (Å²) < 4.78 is 5.39. The van der Waals surface area contributed by atoms with E-state index in [4.69, 9.17) is 10.5 Å². The third-order valence-corrected chi connectivity index (χ3v) is 3.55. The molecule has 2 unspecified atom stereocenters. The maximum Gasteiger partial charge on any atom is 0.239 e. The predicted molar refractivity (Wildman–Crippen MR) is 74.8 cm³/mol. The Kier molecular flexibility index (Phi) is 4.28. The lowest BCUT2D eigenvalue weighted by atomic mass is 10.1. The zero-order chi connectivity index (χ0) is 13.0. The molecule has 18 heavy (non-hydrogen) atoms. The first-order valence-corrected chi connectivity index (χ1v) is 6.82. The highest BCUT2D eigenvalue weighted by Gasteiger charge is 2.20. The van der Waals surface area contributed by atoms with E-state index in [1.165, 1.54) is 19.3 Å². The molecule has 0 bridgehead atoms. The van der Waals surface area contributed by atoms with Gasteiger partial charge in [-0.2, -0.15) is 4.98 Å². The zero-order valence-corrected chi connectivity index (χ0v) is 11.3. The van der Waals surface area contributed by atoms with Crippen molar-refractivity contribution in [3.8, 4) is 5.88 Å². The van der Waals surface area contributed by atoms with Crippen LogP contribution in [0.4, 0.5) is 11.5 Å². The van der Waals surface area contributed by atoms with E-state index < -0.39 is 0 Å². The van der Waals surface area contributed by atoms with Gasteiger partial charge in [-0.25, -0.2) is 0 Å². The molecule has 0 spiro atoms. The van der Waals surface area contributed by atoms with Crippen molar-refractivity contribution in [3.05, 3.63) is 12.1 Å². The lowest BCUT2D eigenvalue weighted by Gasteiger charge is -2.13. The minimum absolute atomic E-state index is 0.530. The maximum atomic E-state index is 5.80. The average Bonchev–Trinajstić information content (AvgIpc) is 2.76. The molecule has 0 amide bonds. The van der Waals surface area contributed by atoms with Crippen molar-refractivity contribution < 1.29 is 4.74 Å². The standard InChI is InChI=1S/C14H23N3O/c1-3-18-14-12(15)6-7-13(17-14)16-9-11-5-4-10(2)8-11/h6-7,10-11H,3-5,8-9,15H2,1-2H3,(H,16,17). The van der Waals surface area contributed by atoms with E-state index in [1.54, 1.807) is 0 Å². The second kappa shape index (κ2) is 5.94. The lowest BCUT2D eigenvalue weighted by molar-refractivity contribution is 0.329. The molecule has 1 aromatic heterocycles. The summed E-state index contributed by atoms with van der Waals surface area (Å²) in [6.07, 6.45) is 3.99. The highest BCUT2D eigenvalue weighted by molar-refractivity contribution is 5.53. The number of nitrogens with one attached hydrogen (secondary N) is 1. The van der Waals surface area contributed by atoms with Crippen LogP contribution in [0.2, 0.25) is 0 Å². The number of ether oxygens (including phenoxy) is 1. The van der Waals surface area contributed by atoms with Crippen molar-refractivity contribution >= 4 is 11.5 Å². The molecule has 0 aliphatic heterocycles. The van der Waals surface area contributed by atoms with E-state index in [2.05, 4.69) is 17.2 Å². The van der Waals surface area contributed by atoms with Crippen molar-refractivity contribution in [2.75, 3.05) is 24.2 Å². The summed E-state index contributed by atoms with van der Waals surface area (Å²) in [5, 5.41) is 3.39. The molecule has 4 nitrogen and oxygen atoms in total. The summed E-state index contributed by atoms with van der Waals surface area (Å²) in [5.41, 5.74) is 6.39. The summed E-state index contributed by atoms with van der Waals surface area (Å²) in [4.78, 5) is 4.38. The minimum atomic E-state index is 0.530. The topological polar surface area (TPSA) is 60.2 Å². The molecular weight excluding hydrogens is 226 g/mol. The van der Waals surface area contributed by atoms with Gasteiger partial charge < -0.3 is 15.8 Å². The second-order valence-electron chi connectivity index (χ2n) is 5.19. The number of hydrogen-bond donors (Lipinski definition) is 2.